The standard InChI is InChI=1S/C24H22N4O3S2/c1-16(23(29)26-19-12-14-20(15-13-19)33(25,30)31)32-24-27-21(17-8-4-2-5-9-17)22(28-24)18-10-6-3-7-11-18/h2-16H,1H3,(H,26,29)(H,27,28)(H2,25,30,31)/t16-/m0/s1. The summed E-state index contributed by atoms with van der Waals surface area (Å²) in [5.41, 5.74) is 4.16. The van der Waals surface area contributed by atoms with Crippen LogP contribution in [0.4, 0.5) is 5.69 Å². The van der Waals surface area contributed by atoms with Crippen LogP contribution in [-0.4, -0.2) is 29.5 Å². The lowest BCUT2D eigenvalue weighted by molar-refractivity contribution is -0.115. The minimum Gasteiger partial charge on any atom is -0.332 e. The summed E-state index contributed by atoms with van der Waals surface area (Å²) >= 11 is 1.31. The highest BCUT2D eigenvalue weighted by molar-refractivity contribution is 8.00. The molecule has 1 heterocycles. The van der Waals surface area contributed by atoms with Crippen molar-refractivity contribution >= 4 is 33.4 Å². The third-order valence-corrected chi connectivity index (χ3v) is 6.81. The highest BCUT2D eigenvalue weighted by Gasteiger charge is 2.20. The lowest BCUT2D eigenvalue weighted by Crippen LogP contribution is -2.22. The van der Waals surface area contributed by atoms with Crippen LogP contribution in [0.5, 0.6) is 0 Å². The van der Waals surface area contributed by atoms with Crippen molar-refractivity contribution in [3.05, 3.63) is 84.9 Å². The number of thioether (sulfide) groups is 1. The first-order valence-corrected chi connectivity index (χ1v) is 12.5. The number of carbonyl (C=O) groups excluding carboxylic acids is 1. The molecule has 0 fully saturated rings. The van der Waals surface area contributed by atoms with E-state index in [9.17, 15) is 13.2 Å². The van der Waals surface area contributed by atoms with Gasteiger partial charge in [0.25, 0.3) is 0 Å². The van der Waals surface area contributed by atoms with E-state index in [1.165, 1.54) is 36.0 Å². The number of rotatable bonds is 7. The Kier molecular flexibility index (Phi) is 6.64. The number of nitrogens with one attached hydrogen (secondary N) is 2. The Hall–Kier alpha value is -3.40. The fourth-order valence-corrected chi connectivity index (χ4v) is 4.54. The van der Waals surface area contributed by atoms with Crippen molar-refractivity contribution in [3.8, 4) is 22.5 Å². The van der Waals surface area contributed by atoms with E-state index in [0.717, 1.165) is 22.5 Å². The van der Waals surface area contributed by atoms with E-state index in [1.807, 2.05) is 60.7 Å². The van der Waals surface area contributed by atoms with Gasteiger partial charge in [-0.3, -0.25) is 4.79 Å². The van der Waals surface area contributed by atoms with Crippen molar-refractivity contribution < 1.29 is 13.2 Å². The Bertz CT molecular complexity index is 1300. The summed E-state index contributed by atoms with van der Waals surface area (Å²) in [5.74, 6) is -0.234. The van der Waals surface area contributed by atoms with Crippen LogP contribution < -0.4 is 10.5 Å². The Morgan fingerprint density at radius 2 is 1.52 bits per heavy atom. The topological polar surface area (TPSA) is 118 Å². The molecule has 9 heteroatoms. The van der Waals surface area contributed by atoms with Gasteiger partial charge in [-0.1, -0.05) is 72.4 Å². The summed E-state index contributed by atoms with van der Waals surface area (Å²) in [5, 5.41) is 8.07. The first-order valence-electron chi connectivity index (χ1n) is 10.1. The molecule has 0 saturated carbocycles. The van der Waals surface area contributed by atoms with Crippen LogP contribution in [0.1, 0.15) is 6.92 Å². The number of aromatic nitrogens is 2. The summed E-state index contributed by atoms with van der Waals surface area (Å²) in [6.45, 7) is 1.78. The summed E-state index contributed by atoms with van der Waals surface area (Å²) in [7, 11) is -3.78. The van der Waals surface area contributed by atoms with Crippen molar-refractivity contribution in [3.63, 3.8) is 0 Å². The van der Waals surface area contributed by atoms with E-state index < -0.39 is 15.3 Å². The van der Waals surface area contributed by atoms with E-state index >= 15 is 0 Å². The molecule has 4 aromatic rings. The number of aromatic amines is 1. The number of anilines is 1. The molecule has 4 N–H and O–H groups in total. The number of carbonyl (C=O) groups is 1. The molecule has 0 aliphatic heterocycles. The van der Waals surface area contributed by atoms with Crippen LogP contribution in [-0.2, 0) is 14.8 Å². The predicted molar refractivity (Wildman–Crippen MR) is 131 cm³/mol. The van der Waals surface area contributed by atoms with E-state index in [2.05, 4.69) is 10.3 Å². The van der Waals surface area contributed by atoms with Gasteiger partial charge in [0.15, 0.2) is 5.16 Å². The molecule has 1 amide bonds. The first-order chi connectivity index (χ1) is 15.8. The smallest absolute Gasteiger partial charge is 0.238 e. The van der Waals surface area contributed by atoms with Gasteiger partial charge in [-0.25, -0.2) is 18.5 Å². The molecule has 1 atom stereocenters. The lowest BCUT2D eigenvalue weighted by atomic mass is 10.1. The van der Waals surface area contributed by atoms with Gasteiger partial charge < -0.3 is 10.3 Å². The van der Waals surface area contributed by atoms with Crippen LogP contribution in [0.2, 0.25) is 0 Å². The van der Waals surface area contributed by atoms with Gasteiger partial charge in [0.2, 0.25) is 15.9 Å². The average molecular weight is 479 g/mol. The maximum absolute atomic E-state index is 12.7. The fourth-order valence-electron chi connectivity index (χ4n) is 3.22. The van der Waals surface area contributed by atoms with Gasteiger partial charge in [-0.2, -0.15) is 0 Å². The van der Waals surface area contributed by atoms with Crippen LogP contribution in [0.15, 0.2) is 95.0 Å². The Morgan fingerprint density at radius 1 is 0.939 bits per heavy atom. The molecule has 0 saturated heterocycles. The minimum absolute atomic E-state index is 0.0135. The first kappa shape index (κ1) is 22.8. The second-order valence-corrected chi connectivity index (χ2v) is 10.2. The fraction of sp³-hybridized carbons (Fsp3) is 0.0833. The zero-order valence-electron chi connectivity index (χ0n) is 17.7. The van der Waals surface area contributed by atoms with Crippen molar-refractivity contribution in [2.45, 2.75) is 22.2 Å². The maximum Gasteiger partial charge on any atom is 0.238 e. The maximum atomic E-state index is 12.7. The Balaban J connectivity index is 1.53. The number of amides is 1. The van der Waals surface area contributed by atoms with Gasteiger partial charge >= 0.3 is 0 Å². The zero-order chi connectivity index (χ0) is 23.4. The summed E-state index contributed by atoms with van der Waals surface area (Å²) < 4.78 is 22.8. The van der Waals surface area contributed by atoms with E-state index in [1.54, 1.807) is 6.92 Å². The molecular weight excluding hydrogens is 456 g/mol. The zero-order valence-corrected chi connectivity index (χ0v) is 19.4. The second kappa shape index (κ2) is 9.62. The van der Waals surface area contributed by atoms with Gasteiger partial charge in [0.1, 0.15) is 0 Å². The minimum atomic E-state index is -3.78. The Labute approximate surface area is 196 Å². The molecule has 0 aliphatic carbocycles. The number of nitrogens with two attached hydrogens (primary N) is 1. The van der Waals surface area contributed by atoms with E-state index in [-0.39, 0.29) is 10.8 Å². The van der Waals surface area contributed by atoms with Gasteiger partial charge in [-0.15, -0.1) is 0 Å². The number of sulfonamides is 1. The highest BCUT2D eigenvalue weighted by atomic mass is 32.2. The number of hydrogen-bond donors (Lipinski definition) is 3. The quantitative estimate of drug-likeness (QED) is 0.338. The number of nitrogens with zero attached hydrogens (tertiary/aromatic N) is 1. The summed E-state index contributed by atoms with van der Waals surface area (Å²) in [6, 6.07) is 25.5. The molecule has 3 aromatic carbocycles. The van der Waals surface area contributed by atoms with Crippen molar-refractivity contribution in [2.24, 2.45) is 5.14 Å². The Morgan fingerprint density at radius 3 is 2.09 bits per heavy atom. The molecule has 7 nitrogen and oxygen atoms in total. The normalized spacial score (nSPS) is 12.3. The molecule has 33 heavy (non-hydrogen) atoms. The number of imidazole rings is 1. The monoisotopic (exact) mass is 478 g/mol. The van der Waals surface area contributed by atoms with Gasteiger partial charge in [0, 0.05) is 16.8 Å². The molecule has 1 aromatic heterocycles. The van der Waals surface area contributed by atoms with Crippen LogP contribution in [0, 0.1) is 0 Å². The number of benzene rings is 3. The molecule has 0 radical (unpaired) electrons. The number of hydrogen-bond acceptors (Lipinski definition) is 5. The third kappa shape index (κ3) is 5.51. The highest BCUT2D eigenvalue weighted by Crippen LogP contribution is 2.33. The lowest BCUT2D eigenvalue weighted by Gasteiger charge is -2.11. The van der Waals surface area contributed by atoms with Gasteiger partial charge in [0.05, 0.1) is 21.5 Å². The largest absolute Gasteiger partial charge is 0.332 e. The van der Waals surface area contributed by atoms with Crippen LogP contribution in [0.25, 0.3) is 22.5 Å². The molecular formula is C24H22N4O3S2. The molecule has 0 spiro atoms. The average Bonchev–Trinajstić information content (AvgIpc) is 3.24. The summed E-state index contributed by atoms with van der Waals surface area (Å²) in [6.07, 6.45) is 0. The molecule has 0 aliphatic rings. The van der Waals surface area contributed by atoms with Crippen molar-refractivity contribution in [1.82, 2.24) is 9.97 Å². The summed E-state index contributed by atoms with van der Waals surface area (Å²) in [4.78, 5) is 20.8. The van der Waals surface area contributed by atoms with Crippen molar-refractivity contribution in [1.29, 1.82) is 0 Å². The molecule has 0 bridgehead atoms. The predicted octanol–water partition coefficient (Wildman–Crippen LogP) is 4.51. The van der Waals surface area contributed by atoms with Gasteiger partial charge in [-0.05, 0) is 31.2 Å². The second-order valence-electron chi connectivity index (χ2n) is 7.32. The van der Waals surface area contributed by atoms with Crippen LogP contribution >= 0.6 is 11.8 Å². The molecule has 168 valence electrons. The molecule has 0 unspecified atom stereocenters. The third-order valence-electron chi connectivity index (χ3n) is 4.90. The number of H-pyrrole nitrogens is 1. The molecule has 4 rings (SSSR count). The SMILES string of the molecule is C[C@H](Sc1nc(-c2ccccc2)c(-c2ccccc2)[nH]1)C(=O)Nc1ccc(S(N)(=O)=O)cc1. The van der Waals surface area contributed by atoms with Crippen molar-refractivity contribution in [2.75, 3.05) is 5.32 Å². The van der Waals surface area contributed by atoms with Crippen LogP contribution in [0.3, 0.4) is 0 Å². The number of primary sulfonamides is 1. The van der Waals surface area contributed by atoms with E-state index in [4.69, 9.17) is 10.1 Å². The van der Waals surface area contributed by atoms with E-state index in [0.29, 0.717) is 10.8 Å².